The highest BCUT2D eigenvalue weighted by Crippen LogP contribution is 2.13. The monoisotopic (exact) mass is 300 g/mol. The second-order valence-electron chi connectivity index (χ2n) is 4.46. The van der Waals surface area contributed by atoms with E-state index in [1.165, 1.54) is 16.7 Å². The van der Waals surface area contributed by atoms with Crippen LogP contribution < -0.4 is 5.32 Å². The highest BCUT2D eigenvalue weighted by molar-refractivity contribution is 8.05. The smallest absolute Gasteiger partial charge is 0.254 e. The van der Waals surface area contributed by atoms with E-state index in [4.69, 9.17) is 0 Å². The van der Waals surface area contributed by atoms with Gasteiger partial charge in [-0.15, -0.1) is 11.8 Å². The minimum absolute atomic E-state index is 0.136. The Morgan fingerprint density at radius 2 is 1.90 bits per heavy atom. The van der Waals surface area contributed by atoms with Gasteiger partial charge in [-0.2, -0.15) is 0 Å². The first-order valence-electron chi connectivity index (χ1n) is 6.35. The van der Waals surface area contributed by atoms with Crippen molar-refractivity contribution in [1.29, 1.82) is 0 Å². The van der Waals surface area contributed by atoms with Crippen molar-refractivity contribution in [2.45, 2.75) is 25.0 Å². The van der Waals surface area contributed by atoms with E-state index in [-0.39, 0.29) is 6.54 Å². The van der Waals surface area contributed by atoms with Crippen LogP contribution in [0.25, 0.3) is 0 Å². The number of amides is 2. The molecule has 3 N–H and O–H groups in total. The largest absolute Gasteiger partial charge is 0.380 e. The van der Waals surface area contributed by atoms with E-state index in [1.54, 1.807) is 5.41 Å². The van der Waals surface area contributed by atoms with Crippen LogP contribution in [0, 0.1) is 0 Å². The summed E-state index contributed by atoms with van der Waals surface area (Å²) < 4.78 is 0. The van der Waals surface area contributed by atoms with Crippen LogP contribution in [0.15, 0.2) is 23.5 Å². The summed E-state index contributed by atoms with van der Waals surface area (Å²) in [6.07, 6.45) is -1.75. The molecule has 0 aromatic heterocycles. The third kappa shape index (κ3) is 4.66. The standard InChI is InChI=1S/C13H20N2O4S/c1-3-20-9(2)8-14-12(18)10(16)11(17)13(19)15-6-4-5-7-15/h3,10-11,16-17H,1-2,4-8H2,(H,14,18). The predicted octanol–water partition coefficient (Wildman–Crippen LogP) is -0.163. The van der Waals surface area contributed by atoms with Crippen molar-refractivity contribution < 1.29 is 19.8 Å². The van der Waals surface area contributed by atoms with Gasteiger partial charge < -0.3 is 20.4 Å². The average Bonchev–Trinajstić information content (AvgIpc) is 2.96. The normalized spacial score (nSPS) is 17.4. The van der Waals surface area contributed by atoms with Crippen LogP contribution in [-0.4, -0.2) is 58.8 Å². The predicted molar refractivity (Wildman–Crippen MR) is 77.8 cm³/mol. The van der Waals surface area contributed by atoms with Crippen LogP contribution in [-0.2, 0) is 9.59 Å². The van der Waals surface area contributed by atoms with E-state index in [0.29, 0.717) is 18.0 Å². The lowest BCUT2D eigenvalue weighted by molar-refractivity contribution is -0.152. The Morgan fingerprint density at radius 3 is 2.45 bits per heavy atom. The van der Waals surface area contributed by atoms with Crippen LogP contribution in [0.1, 0.15) is 12.8 Å². The number of carbonyl (C=O) groups is 2. The topological polar surface area (TPSA) is 89.9 Å². The Morgan fingerprint density at radius 1 is 1.30 bits per heavy atom. The second kappa shape index (κ2) is 8.08. The van der Waals surface area contributed by atoms with Gasteiger partial charge in [-0.05, 0) is 18.2 Å². The molecule has 0 aliphatic carbocycles. The molecule has 0 saturated carbocycles. The fraction of sp³-hybridized carbons (Fsp3) is 0.538. The quantitative estimate of drug-likeness (QED) is 0.608. The minimum Gasteiger partial charge on any atom is -0.380 e. The summed E-state index contributed by atoms with van der Waals surface area (Å²) in [5, 5.41) is 23.4. The van der Waals surface area contributed by atoms with Gasteiger partial charge in [0.15, 0.2) is 12.2 Å². The number of hydrogen-bond acceptors (Lipinski definition) is 5. The first-order valence-corrected chi connectivity index (χ1v) is 7.23. The Hall–Kier alpha value is -1.31. The van der Waals surface area contributed by atoms with Crippen molar-refractivity contribution in [2.75, 3.05) is 19.6 Å². The Labute approximate surface area is 122 Å². The zero-order valence-electron chi connectivity index (χ0n) is 11.2. The van der Waals surface area contributed by atoms with Gasteiger partial charge >= 0.3 is 0 Å². The van der Waals surface area contributed by atoms with Gasteiger partial charge in [0, 0.05) is 24.5 Å². The number of rotatable bonds is 7. The van der Waals surface area contributed by atoms with Crippen LogP contribution in [0.2, 0.25) is 0 Å². The molecule has 1 saturated heterocycles. The number of aliphatic hydroxyl groups excluding tert-OH is 2. The van der Waals surface area contributed by atoms with E-state index >= 15 is 0 Å². The maximum atomic E-state index is 11.8. The Balaban J connectivity index is 2.44. The number of nitrogens with zero attached hydrogens (tertiary/aromatic N) is 1. The van der Waals surface area contributed by atoms with Crippen molar-refractivity contribution in [2.24, 2.45) is 0 Å². The molecule has 6 nitrogen and oxygen atoms in total. The van der Waals surface area contributed by atoms with E-state index in [2.05, 4.69) is 18.5 Å². The van der Waals surface area contributed by atoms with Crippen molar-refractivity contribution in [3.8, 4) is 0 Å². The third-order valence-electron chi connectivity index (χ3n) is 2.95. The molecule has 1 aliphatic rings. The van der Waals surface area contributed by atoms with Gasteiger partial charge in [0.25, 0.3) is 11.8 Å². The summed E-state index contributed by atoms with van der Waals surface area (Å²) in [5.74, 6) is -1.40. The highest BCUT2D eigenvalue weighted by Gasteiger charge is 2.34. The molecule has 2 atom stereocenters. The number of thioether (sulfide) groups is 1. The molecule has 0 radical (unpaired) electrons. The fourth-order valence-corrected chi connectivity index (χ4v) is 2.24. The maximum Gasteiger partial charge on any atom is 0.254 e. The number of carbonyl (C=O) groups excluding carboxylic acids is 2. The zero-order valence-corrected chi connectivity index (χ0v) is 12.1. The van der Waals surface area contributed by atoms with E-state index < -0.39 is 24.0 Å². The molecule has 2 amide bonds. The molecule has 112 valence electrons. The van der Waals surface area contributed by atoms with Crippen molar-refractivity contribution >= 4 is 23.6 Å². The van der Waals surface area contributed by atoms with Gasteiger partial charge in [-0.25, -0.2) is 0 Å². The molecule has 1 fully saturated rings. The lowest BCUT2D eigenvalue weighted by Gasteiger charge is -2.22. The van der Waals surface area contributed by atoms with Crippen LogP contribution >= 0.6 is 11.8 Å². The zero-order chi connectivity index (χ0) is 15.1. The first kappa shape index (κ1) is 16.7. The van der Waals surface area contributed by atoms with Crippen LogP contribution in [0.3, 0.4) is 0 Å². The fourth-order valence-electron chi connectivity index (χ4n) is 1.85. The first-order chi connectivity index (χ1) is 9.47. The second-order valence-corrected chi connectivity index (χ2v) is 5.61. The SMILES string of the molecule is C=CSC(=C)CNC(=O)C(O)C(O)C(=O)N1CCCC1. The molecular weight excluding hydrogens is 280 g/mol. The van der Waals surface area contributed by atoms with Crippen LogP contribution in [0.4, 0.5) is 0 Å². The Bertz CT molecular complexity index is 394. The van der Waals surface area contributed by atoms with Crippen molar-refractivity contribution in [1.82, 2.24) is 10.2 Å². The maximum absolute atomic E-state index is 11.8. The molecular formula is C13H20N2O4S. The molecule has 2 unspecified atom stereocenters. The molecule has 0 spiro atoms. The van der Waals surface area contributed by atoms with Gasteiger partial charge in [-0.3, -0.25) is 9.59 Å². The van der Waals surface area contributed by atoms with Gasteiger partial charge in [0.1, 0.15) is 0 Å². The molecule has 1 rings (SSSR count). The van der Waals surface area contributed by atoms with Crippen molar-refractivity contribution in [3.05, 3.63) is 23.5 Å². The van der Waals surface area contributed by atoms with Gasteiger partial charge in [0.05, 0.1) is 0 Å². The summed E-state index contributed by atoms with van der Waals surface area (Å²) in [6, 6.07) is 0. The van der Waals surface area contributed by atoms with E-state index in [9.17, 15) is 19.8 Å². The molecule has 1 aliphatic heterocycles. The highest BCUT2D eigenvalue weighted by atomic mass is 32.2. The van der Waals surface area contributed by atoms with E-state index in [1.807, 2.05) is 0 Å². The third-order valence-corrected chi connectivity index (χ3v) is 3.59. The van der Waals surface area contributed by atoms with E-state index in [0.717, 1.165) is 12.8 Å². The summed E-state index contributed by atoms with van der Waals surface area (Å²) in [6.45, 7) is 8.43. The number of hydrogen-bond donors (Lipinski definition) is 3. The molecule has 0 bridgehead atoms. The lowest BCUT2D eigenvalue weighted by atomic mass is 10.1. The molecule has 1 heterocycles. The molecule has 0 aromatic rings. The number of likely N-dealkylation sites (tertiary alicyclic amines) is 1. The average molecular weight is 300 g/mol. The van der Waals surface area contributed by atoms with Gasteiger partial charge in [-0.1, -0.05) is 13.2 Å². The Kier molecular flexibility index (Phi) is 6.77. The van der Waals surface area contributed by atoms with Crippen LogP contribution in [0.5, 0.6) is 0 Å². The summed E-state index contributed by atoms with van der Waals surface area (Å²) in [7, 11) is 0. The van der Waals surface area contributed by atoms with Crippen molar-refractivity contribution in [3.63, 3.8) is 0 Å². The lowest BCUT2D eigenvalue weighted by Crippen LogP contribution is -2.50. The molecule has 20 heavy (non-hydrogen) atoms. The van der Waals surface area contributed by atoms with Gasteiger partial charge in [0.2, 0.25) is 0 Å². The summed E-state index contributed by atoms with van der Waals surface area (Å²) in [4.78, 5) is 25.6. The molecule has 0 aromatic carbocycles. The summed E-state index contributed by atoms with van der Waals surface area (Å²) in [5.41, 5.74) is 0. The minimum atomic E-state index is -1.77. The number of aliphatic hydroxyl groups is 2. The number of nitrogens with one attached hydrogen (secondary N) is 1. The summed E-state index contributed by atoms with van der Waals surface area (Å²) >= 11 is 1.26. The molecule has 7 heteroatoms.